The molecule has 2 aromatic rings. The summed E-state index contributed by atoms with van der Waals surface area (Å²) >= 11 is 9.28. The van der Waals surface area contributed by atoms with Crippen LogP contribution in [0.4, 0.5) is 5.69 Å². The fourth-order valence-corrected chi connectivity index (χ4v) is 2.41. The predicted octanol–water partition coefficient (Wildman–Crippen LogP) is 5.07. The molecule has 0 radical (unpaired) electrons. The van der Waals surface area contributed by atoms with E-state index in [1.165, 1.54) is 5.56 Å². The van der Waals surface area contributed by atoms with Crippen molar-refractivity contribution in [2.75, 3.05) is 12.4 Å². The quantitative estimate of drug-likeness (QED) is 0.760. The van der Waals surface area contributed by atoms with Gasteiger partial charge in [-0.3, -0.25) is 0 Å². The monoisotopic (exact) mass is 354 g/mol. The zero-order chi connectivity index (χ0) is 14.5. The number of pyridine rings is 1. The first-order chi connectivity index (χ1) is 9.63. The Morgan fingerprint density at radius 2 is 2.05 bits per heavy atom. The second-order valence-electron chi connectivity index (χ2n) is 4.37. The molecule has 0 spiro atoms. The van der Waals surface area contributed by atoms with Gasteiger partial charge < -0.3 is 10.1 Å². The van der Waals surface area contributed by atoms with Crippen LogP contribution in [0.2, 0.25) is 5.15 Å². The number of methoxy groups -OCH3 is 1. The van der Waals surface area contributed by atoms with Crippen LogP contribution in [0.25, 0.3) is 0 Å². The van der Waals surface area contributed by atoms with Crippen LogP contribution in [0, 0.1) is 0 Å². The minimum Gasteiger partial charge on any atom is -0.497 e. The van der Waals surface area contributed by atoms with E-state index < -0.39 is 0 Å². The molecule has 0 aliphatic heterocycles. The van der Waals surface area contributed by atoms with E-state index in [0.717, 1.165) is 22.3 Å². The Hall–Kier alpha value is -1.26. The maximum absolute atomic E-state index is 5.90. The second kappa shape index (κ2) is 6.95. The summed E-state index contributed by atoms with van der Waals surface area (Å²) in [4.78, 5) is 4.12. The van der Waals surface area contributed by atoms with Gasteiger partial charge in [-0.25, -0.2) is 4.98 Å². The number of nitrogens with zero attached hydrogens (tertiary/aromatic N) is 1. The molecule has 106 valence electrons. The summed E-state index contributed by atoms with van der Waals surface area (Å²) in [6.07, 6.45) is 2.70. The number of ether oxygens (including phenoxy) is 1. The first-order valence-corrected chi connectivity index (χ1v) is 7.52. The van der Waals surface area contributed by atoms with Gasteiger partial charge in [-0.1, -0.05) is 30.7 Å². The molecule has 1 aromatic heterocycles. The molecular formula is C15H16BrClN2O. The average molecular weight is 356 g/mol. The van der Waals surface area contributed by atoms with Crippen molar-refractivity contribution in [3.05, 3.63) is 51.7 Å². The molecule has 0 bridgehead atoms. The summed E-state index contributed by atoms with van der Waals surface area (Å²) in [5, 5.41) is 3.92. The topological polar surface area (TPSA) is 34.2 Å². The van der Waals surface area contributed by atoms with E-state index in [2.05, 4.69) is 45.3 Å². The number of aromatic nitrogens is 1. The van der Waals surface area contributed by atoms with Crippen LogP contribution < -0.4 is 10.1 Å². The molecule has 1 aromatic carbocycles. The smallest absolute Gasteiger partial charge is 0.143 e. The van der Waals surface area contributed by atoms with E-state index in [1.807, 2.05) is 18.2 Å². The van der Waals surface area contributed by atoms with Gasteiger partial charge in [0.05, 0.1) is 29.5 Å². The Morgan fingerprint density at radius 1 is 1.35 bits per heavy atom. The molecule has 20 heavy (non-hydrogen) atoms. The number of benzene rings is 1. The van der Waals surface area contributed by atoms with Crippen molar-refractivity contribution in [3.63, 3.8) is 0 Å². The van der Waals surface area contributed by atoms with Crippen molar-refractivity contribution in [1.29, 1.82) is 0 Å². The van der Waals surface area contributed by atoms with Gasteiger partial charge in [0.1, 0.15) is 10.9 Å². The third-order valence-corrected chi connectivity index (χ3v) is 4.20. The van der Waals surface area contributed by atoms with Crippen molar-refractivity contribution >= 4 is 33.2 Å². The Labute approximate surface area is 132 Å². The minimum absolute atomic E-state index is 0.218. The second-order valence-corrected chi connectivity index (χ2v) is 5.59. The Kier molecular flexibility index (Phi) is 5.26. The zero-order valence-corrected chi connectivity index (χ0v) is 13.7. The van der Waals surface area contributed by atoms with E-state index >= 15 is 0 Å². The molecule has 0 aliphatic carbocycles. The Bertz CT molecular complexity index is 575. The molecule has 1 unspecified atom stereocenters. The van der Waals surface area contributed by atoms with Gasteiger partial charge in [-0.15, -0.1) is 0 Å². The molecule has 1 atom stereocenters. The van der Waals surface area contributed by atoms with Crippen LogP contribution in [-0.2, 0) is 0 Å². The molecule has 0 saturated carbocycles. The minimum atomic E-state index is 0.218. The lowest BCUT2D eigenvalue weighted by molar-refractivity contribution is 0.414. The van der Waals surface area contributed by atoms with Gasteiger partial charge >= 0.3 is 0 Å². The molecule has 0 amide bonds. The lowest BCUT2D eigenvalue weighted by Gasteiger charge is -2.19. The fraction of sp³-hybridized carbons (Fsp3) is 0.267. The highest BCUT2D eigenvalue weighted by atomic mass is 79.9. The van der Waals surface area contributed by atoms with Crippen LogP contribution in [0.3, 0.4) is 0 Å². The van der Waals surface area contributed by atoms with Crippen LogP contribution in [0.15, 0.2) is 41.0 Å². The number of hydrogen-bond acceptors (Lipinski definition) is 3. The van der Waals surface area contributed by atoms with E-state index in [4.69, 9.17) is 16.3 Å². The Morgan fingerprint density at radius 3 is 2.60 bits per heavy atom. The van der Waals surface area contributed by atoms with Crippen LogP contribution in [0.5, 0.6) is 5.75 Å². The number of nitrogens with one attached hydrogen (secondary N) is 1. The average Bonchev–Trinajstić information content (AvgIpc) is 2.48. The molecule has 1 N–H and O–H groups in total. The highest BCUT2D eigenvalue weighted by Crippen LogP contribution is 2.27. The highest BCUT2D eigenvalue weighted by Gasteiger charge is 2.10. The van der Waals surface area contributed by atoms with E-state index in [0.29, 0.717) is 5.15 Å². The maximum Gasteiger partial charge on any atom is 0.143 e. The number of rotatable bonds is 5. The third-order valence-electron chi connectivity index (χ3n) is 3.06. The molecule has 0 aliphatic rings. The summed E-state index contributed by atoms with van der Waals surface area (Å²) in [6, 6.07) is 10.2. The highest BCUT2D eigenvalue weighted by molar-refractivity contribution is 9.10. The fourth-order valence-electron chi connectivity index (χ4n) is 1.96. The molecule has 1 heterocycles. The van der Waals surface area contributed by atoms with E-state index in [9.17, 15) is 0 Å². The number of hydrogen-bond donors (Lipinski definition) is 1. The predicted molar refractivity (Wildman–Crippen MR) is 86.6 cm³/mol. The number of anilines is 1. The molecule has 0 fully saturated rings. The van der Waals surface area contributed by atoms with E-state index in [1.54, 1.807) is 13.3 Å². The normalized spacial score (nSPS) is 12.0. The maximum atomic E-state index is 5.90. The lowest BCUT2D eigenvalue weighted by Crippen LogP contribution is -2.09. The Balaban J connectivity index is 2.16. The van der Waals surface area contributed by atoms with Gasteiger partial charge in [-0.05, 0) is 46.1 Å². The van der Waals surface area contributed by atoms with Gasteiger partial charge in [0, 0.05) is 0 Å². The summed E-state index contributed by atoms with van der Waals surface area (Å²) in [5.74, 6) is 0.861. The van der Waals surface area contributed by atoms with E-state index in [-0.39, 0.29) is 6.04 Å². The van der Waals surface area contributed by atoms with Crippen molar-refractivity contribution < 1.29 is 4.74 Å². The van der Waals surface area contributed by atoms with Crippen molar-refractivity contribution in [3.8, 4) is 5.75 Å². The van der Waals surface area contributed by atoms with Crippen LogP contribution in [-0.4, -0.2) is 12.1 Å². The molecule has 3 nitrogen and oxygen atoms in total. The standard InChI is InChI=1S/C15H16BrClN2O/c1-3-14(10-4-6-12(20-2)7-5-10)19-11-8-13(16)15(17)18-9-11/h4-9,14,19H,3H2,1-2H3. The first kappa shape index (κ1) is 15.1. The first-order valence-electron chi connectivity index (χ1n) is 6.35. The molecule has 2 rings (SSSR count). The lowest BCUT2D eigenvalue weighted by atomic mass is 10.0. The SMILES string of the molecule is CCC(Nc1cnc(Cl)c(Br)c1)c1ccc(OC)cc1. The van der Waals surface area contributed by atoms with Crippen LogP contribution in [0.1, 0.15) is 24.9 Å². The molecule has 0 saturated heterocycles. The molecule has 5 heteroatoms. The van der Waals surface area contributed by atoms with Gasteiger partial charge in [0.25, 0.3) is 0 Å². The summed E-state index contributed by atoms with van der Waals surface area (Å²) in [7, 11) is 1.67. The third kappa shape index (κ3) is 3.64. The summed E-state index contributed by atoms with van der Waals surface area (Å²) < 4.78 is 5.96. The number of halogens is 2. The molecular weight excluding hydrogens is 340 g/mol. The van der Waals surface area contributed by atoms with Gasteiger partial charge in [-0.2, -0.15) is 0 Å². The summed E-state index contributed by atoms with van der Waals surface area (Å²) in [5.41, 5.74) is 2.14. The zero-order valence-electron chi connectivity index (χ0n) is 11.4. The largest absolute Gasteiger partial charge is 0.497 e. The van der Waals surface area contributed by atoms with Crippen molar-refractivity contribution in [2.24, 2.45) is 0 Å². The van der Waals surface area contributed by atoms with Crippen LogP contribution >= 0.6 is 27.5 Å². The van der Waals surface area contributed by atoms with Crippen molar-refractivity contribution in [2.45, 2.75) is 19.4 Å². The van der Waals surface area contributed by atoms with Gasteiger partial charge in [0.15, 0.2) is 0 Å². The summed E-state index contributed by atoms with van der Waals surface area (Å²) in [6.45, 7) is 2.14. The van der Waals surface area contributed by atoms with Crippen molar-refractivity contribution in [1.82, 2.24) is 4.98 Å². The van der Waals surface area contributed by atoms with Gasteiger partial charge in [0.2, 0.25) is 0 Å².